The van der Waals surface area contributed by atoms with Crippen LogP contribution in [-0.4, -0.2) is 54.1 Å². The molecule has 1 aromatic heterocycles. The van der Waals surface area contributed by atoms with Crippen molar-refractivity contribution < 1.29 is 13.9 Å². The molecule has 0 saturated carbocycles. The van der Waals surface area contributed by atoms with Gasteiger partial charge in [-0.05, 0) is 31.9 Å². The number of hydrogen-bond donors (Lipinski definition) is 0. The molecule has 0 bridgehead atoms. The van der Waals surface area contributed by atoms with E-state index < -0.39 is 0 Å². The highest BCUT2D eigenvalue weighted by Crippen LogP contribution is 2.30. The van der Waals surface area contributed by atoms with Crippen molar-refractivity contribution >= 4 is 5.91 Å². The van der Waals surface area contributed by atoms with E-state index in [1.807, 2.05) is 37.8 Å². The highest BCUT2D eigenvalue weighted by Gasteiger charge is 2.42. The normalized spacial score (nSPS) is 26.2. The molecule has 0 unspecified atom stereocenters. The van der Waals surface area contributed by atoms with Crippen molar-refractivity contribution in [2.75, 3.05) is 32.8 Å². The van der Waals surface area contributed by atoms with Crippen molar-refractivity contribution in [1.82, 2.24) is 9.80 Å². The van der Waals surface area contributed by atoms with Gasteiger partial charge in [-0.3, -0.25) is 9.69 Å². The van der Waals surface area contributed by atoms with Crippen molar-refractivity contribution in [2.24, 2.45) is 5.92 Å². The van der Waals surface area contributed by atoms with E-state index in [2.05, 4.69) is 4.90 Å². The summed E-state index contributed by atoms with van der Waals surface area (Å²) in [5.41, 5.74) is -0.206. The van der Waals surface area contributed by atoms with E-state index in [1.165, 1.54) is 0 Å². The number of piperidine rings is 1. The molecule has 0 aromatic carbocycles. The summed E-state index contributed by atoms with van der Waals surface area (Å²) in [4.78, 5) is 16.7. The van der Waals surface area contributed by atoms with E-state index in [9.17, 15) is 4.79 Å². The van der Waals surface area contributed by atoms with Crippen molar-refractivity contribution in [3.8, 4) is 0 Å². The van der Waals surface area contributed by atoms with Gasteiger partial charge in [-0.2, -0.15) is 0 Å². The number of ether oxygens (including phenoxy) is 1. The number of hydrogen-bond acceptors (Lipinski definition) is 4. The third kappa shape index (κ3) is 3.78. The first kappa shape index (κ1) is 16.5. The molecule has 2 fully saturated rings. The van der Waals surface area contributed by atoms with Gasteiger partial charge in [0.1, 0.15) is 11.5 Å². The number of nitrogens with zero attached hydrogens (tertiary/aromatic N) is 2. The zero-order valence-electron chi connectivity index (χ0n) is 14.5. The highest BCUT2D eigenvalue weighted by molar-refractivity contribution is 5.78. The second-order valence-corrected chi connectivity index (χ2v) is 7.27. The molecule has 128 valence electrons. The Bertz CT molecular complexity index is 550. The van der Waals surface area contributed by atoms with Gasteiger partial charge in [0, 0.05) is 25.6 Å². The van der Waals surface area contributed by atoms with Crippen molar-refractivity contribution in [3.05, 3.63) is 23.7 Å². The zero-order chi connectivity index (χ0) is 16.4. The smallest absolute Gasteiger partial charge is 0.225 e. The summed E-state index contributed by atoms with van der Waals surface area (Å²) in [6.07, 6.45) is 2.05. The summed E-state index contributed by atoms with van der Waals surface area (Å²) < 4.78 is 11.9. The molecule has 5 heteroatoms. The standard InChI is InChI=1S/C18H28N2O3/c1-14(2)17(21)20-8-4-7-18(13-20)12-19(9-10-22-18)11-16-6-5-15(3)23-16/h5-6,14H,4,7-13H2,1-3H3/t18-/m1/s1. The minimum absolute atomic E-state index is 0.0518. The van der Waals surface area contributed by atoms with Crippen LogP contribution in [0, 0.1) is 12.8 Å². The fraction of sp³-hybridized carbons (Fsp3) is 0.722. The van der Waals surface area contributed by atoms with E-state index in [1.54, 1.807) is 0 Å². The first-order valence-corrected chi connectivity index (χ1v) is 8.68. The Labute approximate surface area is 138 Å². The van der Waals surface area contributed by atoms with Gasteiger partial charge >= 0.3 is 0 Å². The molecule has 2 saturated heterocycles. The second-order valence-electron chi connectivity index (χ2n) is 7.27. The molecule has 0 radical (unpaired) electrons. The van der Waals surface area contributed by atoms with Crippen LogP contribution in [0.5, 0.6) is 0 Å². The number of carbonyl (C=O) groups is 1. The van der Waals surface area contributed by atoms with Gasteiger partial charge in [0.2, 0.25) is 5.91 Å². The lowest BCUT2D eigenvalue weighted by atomic mass is 9.90. The fourth-order valence-corrected chi connectivity index (χ4v) is 3.75. The Kier molecular flexibility index (Phi) is 4.78. The van der Waals surface area contributed by atoms with Crippen molar-refractivity contribution in [1.29, 1.82) is 0 Å². The molecule has 1 aromatic rings. The summed E-state index contributed by atoms with van der Waals surface area (Å²) in [5, 5.41) is 0. The van der Waals surface area contributed by atoms with Crippen LogP contribution in [0.25, 0.3) is 0 Å². The number of morpholine rings is 1. The number of amides is 1. The van der Waals surface area contributed by atoms with E-state index in [0.29, 0.717) is 0 Å². The van der Waals surface area contributed by atoms with Crippen LogP contribution in [-0.2, 0) is 16.1 Å². The maximum absolute atomic E-state index is 12.3. The first-order valence-electron chi connectivity index (χ1n) is 8.68. The maximum Gasteiger partial charge on any atom is 0.225 e. The second kappa shape index (κ2) is 6.65. The highest BCUT2D eigenvalue weighted by atomic mass is 16.5. The quantitative estimate of drug-likeness (QED) is 0.858. The Hall–Kier alpha value is -1.33. The number of rotatable bonds is 3. The Morgan fingerprint density at radius 2 is 2.13 bits per heavy atom. The zero-order valence-corrected chi connectivity index (χ0v) is 14.5. The molecule has 1 amide bonds. The predicted molar refractivity (Wildman–Crippen MR) is 88.1 cm³/mol. The molecule has 23 heavy (non-hydrogen) atoms. The topological polar surface area (TPSA) is 45.9 Å². The lowest BCUT2D eigenvalue weighted by Gasteiger charge is -2.48. The molecular weight excluding hydrogens is 292 g/mol. The van der Waals surface area contributed by atoms with Crippen molar-refractivity contribution in [2.45, 2.75) is 45.8 Å². The van der Waals surface area contributed by atoms with E-state index >= 15 is 0 Å². The third-order valence-corrected chi connectivity index (χ3v) is 4.85. The number of carbonyl (C=O) groups excluding carboxylic acids is 1. The largest absolute Gasteiger partial charge is 0.465 e. The summed E-state index contributed by atoms with van der Waals surface area (Å²) >= 11 is 0. The molecule has 2 aliphatic rings. The van der Waals surface area contributed by atoms with Crippen LogP contribution in [0.1, 0.15) is 38.2 Å². The van der Waals surface area contributed by atoms with Gasteiger partial charge in [-0.1, -0.05) is 13.8 Å². The Morgan fingerprint density at radius 1 is 1.30 bits per heavy atom. The van der Waals surface area contributed by atoms with E-state index in [4.69, 9.17) is 9.15 Å². The molecular formula is C18H28N2O3. The van der Waals surface area contributed by atoms with Gasteiger partial charge in [0.25, 0.3) is 0 Å². The van der Waals surface area contributed by atoms with Gasteiger partial charge in [-0.25, -0.2) is 0 Å². The lowest BCUT2D eigenvalue weighted by Crippen LogP contribution is -2.60. The maximum atomic E-state index is 12.3. The Morgan fingerprint density at radius 3 is 2.83 bits per heavy atom. The summed E-state index contributed by atoms with van der Waals surface area (Å²) in [5.74, 6) is 2.25. The van der Waals surface area contributed by atoms with E-state index in [0.717, 1.165) is 63.7 Å². The average molecular weight is 320 g/mol. The van der Waals surface area contributed by atoms with Gasteiger partial charge < -0.3 is 14.1 Å². The van der Waals surface area contributed by atoms with Crippen LogP contribution < -0.4 is 0 Å². The minimum Gasteiger partial charge on any atom is -0.465 e. The molecule has 5 nitrogen and oxygen atoms in total. The molecule has 1 atom stereocenters. The Balaban J connectivity index is 1.65. The fourth-order valence-electron chi connectivity index (χ4n) is 3.75. The summed E-state index contributed by atoms with van der Waals surface area (Å²) in [6, 6.07) is 4.06. The summed E-state index contributed by atoms with van der Waals surface area (Å²) in [6.45, 7) is 10.8. The molecule has 2 aliphatic heterocycles. The molecule has 3 rings (SSSR count). The van der Waals surface area contributed by atoms with Crippen molar-refractivity contribution in [3.63, 3.8) is 0 Å². The monoisotopic (exact) mass is 320 g/mol. The molecule has 1 spiro atoms. The molecule has 0 aliphatic carbocycles. The van der Waals surface area contributed by atoms with E-state index in [-0.39, 0.29) is 17.4 Å². The molecule has 3 heterocycles. The van der Waals surface area contributed by atoms with Crippen LogP contribution in [0.4, 0.5) is 0 Å². The number of aryl methyl sites for hydroxylation is 1. The lowest BCUT2D eigenvalue weighted by molar-refractivity contribution is -0.160. The van der Waals surface area contributed by atoms with Gasteiger partial charge in [-0.15, -0.1) is 0 Å². The minimum atomic E-state index is -0.206. The van der Waals surface area contributed by atoms with Crippen LogP contribution >= 0.6 is 0 Å². The average Bonchev–Trinajstić information content (AvgIpc) is 2.91. The number of likely N-dealkylation sites (tertiary alicyclic amines) is 1. The number of furan rings is 1. The molecule has 0 N–H and O–H groups in total. The first-order chi connectivity index (χ1) is 11.0. The van der Waals surface area contributed by atoms with Crippen LogP contribution in [0.2, 0.25) is 0 Å². The third-order valence-electron chi connectivity index (χ3n) is 4.85. The van der Waals surface area contributed by atoms with Gasteiger partial charge in [0.15, 0.2) is 0 Å². The van der Waals surface area contributed by atoms with Gasteiger partial charge in [0.05, 0.1) is 25.3 Å². The van der Waals surface area contributed by atoms with Crippen LogP contribution in [0.15, 0.2) is 16.5 Å². The van der Waals surface area contributed by atoms with Crippen LogP contribution in [0.3, 0.4) is 0 Å². The summed E-state index contributed by atoms with van der Waals surface area (Å²) in [7, 11) is 0. The predicted octanol–water partition coefficient (Wildman–Crippen LogP) is 2.44. The SMILES string of the molecule is Cc1ccc(CN2CCO[C@]3(CCCN(C(=O)C(C)C)C3)C2)o1.